The second-order valence-corrected chi connectivity index (χ2v) is 10.2. The van der Waals surface area contributed by atoms with E-state index >= 15 is 0 Å². The van der Waals surface area contributed by atoms with Crippen LogP contribution in [0.15, 0.2) is 59.6 Å². The summed E-state index contributed by atoms with van der Waals surface area (Å²) in [5, 5.41) is 7.31. The molecule has 172 valence electrons. The third-order valence-corrected chi connectivity index (χ3v) is 7.83. The number of primary sulfonamides is 1. The lowest BCUT2D eigenvalue weighted by atomic mass is 9.80. The Bertz CT molecular complexity index is 1430. The number of fused-ring (bicyclic) bond motifs is 3. The van der Waals surface area contributed by atoms with E-state index in [1.807, 2.05) is 30.5 Å². The number of piperidine rings is 1. The van der Waals surface area contributed by atoms with Crippen LogP contribution < -0.4 is 14.8 Å². The van der Waals surface area contributed by atoms with E-state index in [1.165, 1.54) is 5.69 Å². The molecule has 2 unspecified atom stereocenters. The lowest BCUT2D eigenvalue weighted by Crippen LogP contribution is -2.39. The molecule has 8 heteroatoms. The number of nitrogens with one attached hydrogen (secondary N) is 1. The third-order valence-electron chi connectivity index (χ3n) is 6.88. The zero-order chi connectivity index (χ0) is 23.2. The van der Waals surface area contributed by atoms with Gasteiger partial charge in [-0.05, 0) is 36.6 Å². The average Bonchev–Trinajstić information content (AvgIpc) is 3.22. The van der Waals surface area contributed by atoms with Crippen molar-refractivity contribution in [3.63, 3.8) is 0 Å². The van der Waals surface area contributed by atoms with Gasteiger partial charge in [0.05, 0.1) is 23.8 Å². The van der Waals surface area contributed by atoms with E-state index in [4.69, 9.17) is 14.9 Å². The normalized spacial score (nSPS) is 19.3. The maximum absolute atomic E-state index is 12.2. The Balaban J connectivity index is 1.55. The molecule has 0 radical (unpaired) electrons. The molecule has 3 N–H and O–H groups in total. The Hall–Kier alpha value is -3.10. The van der Waals surface area contributed by atoms with Crippen LogP contribution in [-0.2, 0) is 10.0 Å². The summed E-state index contributed by atoms with van der Waals surface area (Å²) in [5.74, 6) is 1.54. The van der Waals surface area contributed by atoms with Gasteiger partial charge >= 0.3 is 0 Å². The van der Waals surface area contributed by atoms with Gasteiger partial charge in [0.2, 0.25) is 10.0 Å². The molecule has 0 aliphatic carbocycles. The Morgan fingerprint density at radius 3 is 2.70 bits per heavy atom. The molecule has 1 fully saturated rings. The van der Waals surface area contributed by atoms with Gasteiger partial charge < -0.3 is 14.6 Å². The molecule has 1 aliphatic rings. The first-order chi connectivity index (χ1) is 15.9. The largest absolute Gasteiger partial charge is 0.497 e. The third kappa shape index (κ3) is 3.83. The summed E-state index contributed by atoms with van der Waals surface area (Å²) in [5.41, 5.74) is 3.62. The Kier molecular flexibility index (Phi) is 5.50. The minimum atomic E-state index is -3.84. The highest BCUT2D eigenvalue weighted by atomic mass is 32.2. The molecule has 33 heavy (non-hydrogen) atoms. The number of aromatic nitrogens is 2. The van der Waals surface area contributed by atoms with Crippen LogP contribution in [0, 0.1) is 5.92 Å². The number of anilines is 1. The zero-order valence-corrected chi connectivity index (χ0v) is 19.6. The first kappa shape index (κ1) is 21.7. The van der Waals surface area contributed by atoms with Crippen LogP contribution in [0.1, 0.15) is 31.4 Å². The summed E-state index contributed by atoms with van der Waals surface area (Å²) in [7, 11) is -2.15. The van der Waals surface area contributed by atoms with Crippen LogP contribution in [-0.4, -0.2) is 38.6 Å². The van der Waals surface area contributed by atoms with Crippen molar-refractivity contribution in [2.75, 3.05) is 25.1 Å². The molecule has 2 aromatic heterocycles. The molecular weight excluding hydrogens is 436 g/mol. The number of sulfonamides is 1. The molecule has 1 aliphatic heterocycles. The minimum absolute atomic E-state index is 0.113. The monoisotopic (exact) mass is 464 g/mol. The molecular formula is C25H28N4O3S. The minimum Gasteiger partial charge on any atom is -0.497 e. The van der Waals surface area contributed by atoms with Gasteiger partial charge in [-0.25, -0.2) is 13.6 Å². The number of para-hydroxylation sites is 1. The van der Waals surface area contributed by atoms with Gasteiger partial charge in [0, 0.05) is 47.7 Å². The molecule has 0 saturated carbocycles. The molecule has 0 spiro atoms. The Labute approximate surface area is 193 Å². The summed E-state index contributed by atoms with van der Waals surface area (Å²) < 4.78 is 29.7. The number of hydrogen-bond acceptors (Lipinski definition) is 5. The average molecular weight is 465 g/mol. The highest BCUT2D eigenvalue weighted by molar-refractivity contribution is 7.89. The molecule has 1 saturated heterocycles. The van der Waals surface area contributed by atoms with Crippen molar-refractivity contribution < 1.29 is 13.2 Å². The number of ether oxygens (including phenoxy) is 1. The maximum Gasteiger partial charge on any atom is 0.240 e. The predicted octanol–water partition coefficient (Wildman–Crippen LogP) is 4.39. The fourth-order valence-corrected chi connectivity index (χ4v) is 5.92. The highest BCUT2D eigenvalue weighted by Gasteiger charge is 2.32. The van der Waals surface area contributed by atoms with E-state index in [0.29, 0.717) is 11.4 Å². The van der Waals surface area contributed by atoms with E-state index in [-0.39, 0.29) is 10.8 Å². The Morgan fingerprint density at radius 1 is 1.15 bits per heavy atom. The van der Waals surface area contributed by atoms with Gasteiger partial charge in [0.1, 0.15) is 10.6 Å². The van der Waals surface area contributed by atoms with Crippen molar-refractivity contribution in [3.8, 4) is 5.75 Å². The number of rotatable bonds is 5. The highest BCUT2D eigenvalue weighted by Crippen LogP contribution is 2.40. The topological polar surface area (TPSA) is 101 Å². The van der Waals surface area contributed by atoms with Crippen molar-refractivity contribution in [1.29, 1.82) is 0 Å². The molecule has 0 amide bonds. The SMILES string of the molecule is CCC1CN(c2cccc(OC)c2)CCC1c1nccc2c1[nH]c1c(S(N)(=O)=O)cccc12. The van der Waals surface area contributed by atoms with Crippen LogP contribution in [0.4, 0.5) is 5.69 Å². The molecule has 4 aromatic rings. The second kappa shape index (κ2) is 8.35. The van der Waals surface area contributed by atoms with Gasteiger partial charge in [0.25, 0.3) is 0 Å². The van der Waals surface area contributed by atoms with Crippen molar-refractivity contribution in [1.82, 2.24) is 9.97 Å². The van der Waals surface area contributed by atoms with Crippen LogP contribution in [0.25, 0.3) is 21.8 Å². The second-order valence-electron chi connectivity index (χ2n) is 8.68. The number of pyridine rings is 1. The fourth-order valence-electron chi connectivity index (χ4n) is 5.21. The van der Waals surface area contributed by atoms with E-state index in [2.05, 4.69) is 28.9 Å². The summed E-state index contributed by atoms with van der Waals surface area (Å²) in [6, 6.07) is 15.3. The van der Waals surface area contributed by atoms with Crippen molar-refractivity contribution in [2.24, 2.45) is 11.1 Å². The first-order valence-electron chi connectivity index (χ1n) is 11.2. The number of nitrogens with two attached hydrogens (primary N) is 1. The predicted molar refractivity (Wildman–Crippen MR) is 131 cm³/mol. The molecule has 2 atom stereocenters. The number of methoxy groups -OCH3 is 1. The standard InChI is InChI=1S/C25H28N4O3S/c1-3-16-15-29(17-6-4-7-18(14-17)32-2)13-11-19(16)24-25-21(10-12-27-24)20-8-5-9-22(23(20)28-25)33(26,30)31/h4-10,12,14,16,19,28H,3,11,13,15H2,1-2H3,(H2,26,30,31). The number of aromatic amines is 1. The van der Waals surface area contributed by atoms with E-state index in [9.17, 15) is 8.42 Å². The number of nitrogens with zero attached hydrogens (tertiary/aromatic N) is 2. The Morgan fingerprint density at radius 2 is 1.94 bits per heavy atom. The van der Waals surface area contributed by atoms with Crippen LogP contribution in [0.2, 0.25) is 0 Å². The van der Waals surface area contributed by atoms with Gasteiger partial charge in [0.15, 0.2) is 0 Å². The van der Waals surface area contributed by atoms with E-state index < -0.39 is 10.0 Å². The molecule has 2 aromatic carbocycles. The van der Waals surface area contributed by atoms with Gasteiger partial charge in [-0.2, -0.15) is 0 Å². The van der Waals surface area contributed by atoms with E-state index in [1.54, 1.807) is 19.2 Å². The lowest BCUT2D eigenvalue weighted by Gasteiger charge is -2.39. The zero-order valence-electron chi connectivity index (χ0n) is 18.8. The maximum atomic E-state index is 12.2. The van der Waals surface area contributed by atoms with E-state index in [0.717, 1.165) is 53.7 Å². The summed E-state index contributed by atoms with van der Waals surface area (Å²) in [4.78, 5) is 10.7. The van der Waals surface area contributed by atoms with Crippen LogP contribution in [0.3, 0.4) is 0 Å². The molecule has 0 bridgehead atoms. The van der Waals surface area contributed by atoms with Crippen molar-refractivity contribution >= 4 is 37.5 Å². The summed E-state index contributed by atoms with van der Waals surface area (Å²) >= 11 is 0. The molecule has 7 nitrogen and oxygen atoms in total. The quantitative estimate of drug-likeness (QED) is 0.456. The van der Waals surface area contributed by atoms with Crippen LogP contribution in [0.5, 0.6) is 5.75 Å². The van der Waals surface area contributed by atoms with Crippen molar-refractivity contribution in [3.05, 3.63) is 60.4 Å². The molecule has 3 heterocycles. The fraction of sp³-hybridized carbons (Fsp3) is 0.320. The van der Waals surface area contributed by atoms with Gasteiger partial charge in [-0.1, -0.05) is 31.5 Å². The molecule has 5 rings (SSSR count). The van der Waals surface area contributed by atoms with Gasteiger partial charge in [-0.3, -0.25) is 4.98 Å². The van der Waals surface area contributed by atoms with Gasteiger partial charge in [-0.15, -0.1) is 0 Å². The number of hydrogen-bond donors (Lipinski definition) is 2. The number of H-pyrrole nitrogens is 1. The smallest absolute Gasteiger partial charge is 0.240 e. The number of benzene rings is 2. The van der Waals surface area contributed by atoms with Crippen LogP contribution >= 0.6 is 0 Å². The summed E-state index contributed by atoms with van der Waals surface area (Å²) in [6.45, 7) is 4.06. The summed E-state index contributed by atoms with van der Waals surface area (Å²) in [6.07, 6.45) is 3.81. The lowest BCUT2D eigenvalue weighted by molar-refractivity contribution is 0.343. The first-order valence-corrected chi connectivity index (χ1v) is 12.8. The van der Waals surface area contributed by atoms with Crippen molar-refractivity contribution in [2.45, 2.75) is 30.6 Å².